The molecule has 0 atom stereocenters. The van der Waals surface area contributed by atoms with Gasteiger partial charge in [0.2, 0.25) is 0 Å². The van der Waals surface area contributed by atoms with Gasteiger partial charge in [0.05, 0.1) is 26.2 Å². The van der Waals surface area contributed by atoms with Crippen LogP contribution in [0.25, 0.3) is 4.85 Å². The summed E-state index contributed by atoms with van der Waals surface area (Å²) in [4.78, 5) is 16.7. The molecule has 0 aromatic heterocycles. The van der Waals surface area contributed by atoms with Crippen molar-refractivity contribution in [1.82, 2.24) is 0 Å². The summed E-state index contributed by atoms with van der Waals surface area (Å²) in [5, 5.41) is 3.23. The van der Waals surface area contributed by atoms with Crippen molar-refractivity contribution >= 4 is 17.3 Å². The Bertz CT molecular complexity index is 932. The number of quaternary nitrogens is 1. The van der Waals surface area contributed by atoms with E-state index in [1.54, 1.807) is 0 Å². The van der Waals surface area contributed by atoms with E-state index in [4.69, 9.17) is 6.57 Å². The second kappa shape index (κ2) is 11.5. The van der Waals surface area contributed by atoms with Crippen LogP contribution in [0.3, 0.4) is 0 Å². The summed E-state index contributed by atoms with van der Waals surface area (Å²) in [6.45, 7) is 18.8. The van der Waals surface area contributed by atoms with Crippen molar-refractivity contribution in [3.63, 3.8) is 0 Å². The van der Waals surface area contributed by atoms with Gasteiger partial charge >= 0.3 is 0 Å². The molecule has 1 saturated carbocycles. The molecule has 1 aliphatic heterocycles. The van der Waals surface area contributed by atoms with Crippen molar-refractivity contribution in [1.29, 1.82) is 0 Å². The Labute approximate surface area is 219 Å². The van der Waals surface area contributed by atoms with Gasteiger partial charge in [-0.25, -0.2) is 4.85 Å². The van der Waals surface area contributed by atoms with Crippen LogP contribution in [0.4, 0.5) is 11.4 Å². The summed E-state index contributed by atoms with van der Waals surface area (Å²) in [6, 6.07) is 14.0. The standard InChI is InChI=1S/C20H27N3O.C7H8.Y/c1-5-23(11-7-6-8-12-23)20(9-10-20)19(24)22-18-15(2)13-17(21-4)14-16(18)3;1-7-5-3-2-4-6-7;/h13-14H,5-12H2,1-3H3;2-6H,1H3;/p+1. The molecule has 1 amide bonds. The first kappa shape index (κ1) is 26.7. The number of rotatable bonds is 4. The third-order valence-electron chi connectivity index (χ3n) is 7.16. The molecule has 1 saturated heterocycles. The number of hydrogen-bond acceptors (Lipinski definition) is 1. The van der Waals surface area contributed by atoms with Gasteiger partial charge < -0.3 is 9.80 Å². The Hall–Kier alpha value is -1.54. The Morgan fingerprint density at radius 2 is 1.59 bits per heavy atom. The van der Waals surface area contributed by atoms with E-state index in [1.165, 1.54) is 24.8 Å². The zero-order valence-corrected chi connectivity index (χ0v) is 22.9. The number of nitrogens with one attached hydrogen (secondary N) is 1. The van der Waals surface area contributed by atoms with Crippen molar-refractivity contribution in [3.05, 3.63) is 70.6 Å². The fourth-order valence-electron chi connectivity index (χ4n) is 5.17. The van der Waals surface area contributed by atoms with E-state index in [1.807, 2.05) is 44.2 Å². The topological polar surface area (TPSA) is 33.5 Å². The number of benzene rings is 2. The van der Waals surface area contributed by atoms with E-state index in [0.29, 0.717) is 5.69 Å². The van der Waals surface area contributed by atoms with Crippen LogP contribution >= 0.6 is 0 Å². The van der Waals surface area contributed by atoms with Crippen LogP contribution in [0.15, 0.2) is 42.5 Å². The molecular formula is C27H36N3OY+. The molecule has 4 nitrogen and oxygen atoms in total. The average Bonchev–Trinajstić information content (AvgIpc) is 3.60. The van der Waals surface area contributed by atoms with Crippen LogP contribution in [-0.4, -0.2) is 35.6 Å². The van der Waals surface area contributed by atoms with Gasteiger partial charge in [0.1, 0.15) is 0 Å². The molecule has 1 radical (unpaired) electrons. The molecular weight excluding hydrogens is 471 g/mol. The molecule has 1 N–H and O–H groups in total. The second-order valence-corrected chi connectivity index (χ2v) is 9.18. The second-order valence-electron chi connectivity index (χ2n) is 9.18. The predicted molar refractivity (Wildman–Crippen MR) is 128 cm³/mol. The summed E-state index contributed by atoms with van der Waals surface area (Å²) in [7, 11) is 0. The van der Waals surface area contributed by atoms with Gasteiger partial charge in [-0.3, -0.25) is 4.79 Å². The Kier molecular flexibility index (Phi) is 9.64. The van der Waals surface area contributed by atoms with Gasteiger partial charge in [-0.15, -0.1) is 0 Å². The van der Waals surface area contributed by atoms with Gasteiger partial charge in [0, 0.05) is 51.2 Å². The number of nitrogens with zero attached hydrogens (tertiary/aromatic N) is 2. The number of likely N-dealkylation sites (N-methyl/N-ethyl adjacent to an activating group) is 1. The average molecular weight is 508 g/mol. The smallest absolute Gasteiger partial charge is 0.285 e. The minimum Gasteiger partial charge on any atom is -0.320 e. The summed E-state index contributed by atoms with van der Waals surface area (Å²) >= 11 is 0. The summed E-state index contributed by atoms with van der Waals surface area (Å²) < 4.78 is 0.969. The third-order valence-corrected chi connectivity index (χ3v) is 7.16. The van der Waals surface area contributed by atoms with E-state index < -0.39 is 0 Å². The maximum absolute atomic E-state index is 13.2. The van der Waals surface area contributed by atoms with Crippen molar-refractivity contribution < 1.29 is 42.0 Å². The van der Waals surface area contributed by atoms with Crippen molar-refractivity contribution in [3.8, 4) is 0 Å². The number of likely N-dealkylation sites (tertiary alicyclic amines) is 1. The van der Waals surface area contributed by atoms with E-state index in [2.05, 4.69) is 36.1 Å². The molecule has 167 valence electrons. The molecule has 32 heavy (non-hydrogen) atoms. The van der Waals surface area contributed by atoms with E-state index in [9.17, 15) is 4.79 Å². The fraction of sp³-hybridized carbons (Fsp3) is 0.481. The molecule has 0 spiro atoms. The zero-order valence-electron chi connectivity index (χ0n) is 20.1. The predicted octanol–water partition coefficient (Wildman–Crippen LogP) is 6.34. The first-order valence-electron chi connectivity index (χ1n) is 11.6. The summed E-state index contributed by atoms with van der Waals surface area (Å²) in [6.07, 6.45) is 5.78. The van der Waals surface area contributed by atoms with Crippen LogP contribution in [-0.2, 0) is 37.5 Å². The first-order valence-corrected chi connectivity index (χ1v) is 11.6. The minimum atomic E-state index is -0.216. The maximum Gasteiger partial charge on any atom is 0.285 e. The van der Waals surface area contributed by atoms with Gasteiger partial charge in [-0.1, -0.05) is 48.0 Å². The Morgan fingerprint density at radius 3 is 2.00 bits per heavy atom. The molecule has 2 aromatic carbocycles. The number of carbonyl (C=O) groups is 1. The molecule has 1 heterocycles. The number of aryl methyl sites for hydroxylation is 3. The van der Waals surface area contributed by atoms with Crippen LogP contribution in [0, 0.1) is 27.3 Å². The van der Waals surface area contributed by atoms with Crippen molar-refractivity contribution in [2.75, 3.05) is 25.0 Å². The minimum absolute atomic E-state index is 0. The first-order chi connectivity index (χ1) is 14.9. The van der Waals surface area contributed by atoms with Crippen LogP contribution in [0.2, 0.25) is 0 Å². The number of piperidine rings is 1. The Morgan fingerprint density at radius 1 is 1.03 bits per heavy atom. The number of amides is 1. The molecule has 0 unspecified atom stereocenters. The third kappa shape index (κ3) is 5.68. The molecule has 4 rings (SSSR count). The number of anilines is 1. The monoisotopic (exact) mass is 507 g/mol. The van der Waals surface area contributed by atoms with Crippen LogP contribution in [0.5, 0.6) is 0 Å². The van der Waals surface area contributed by atoms with Gasteiger partial charge in [-0.05, 0) is 58.1 Å². The van der Waals surface area contributed by atoms with Crippen LogP contribution in [0.1, 0.15) is 55.7 Å². The van der Waals surface area contributed by atoms with E-state index in [-0.39, 0.29) is 44.2 Å². The van der Waals surface area contributed by atoms with Crippen molar-refractivity contribution in [2.24, 2.45) is 0 Å². The maximum atomic E-state index is 13.2. The normalized spacial score (nSPS) is 17.6. The van der Waals surface area contributed by atoms with E-state index in [0.717, 1.165) is 53.8 Å². The molecule has 1 aliphatic carbocycles. The van der Waals surface area contributed by atoms with Gasteiger partial charge in [0.25, 0.3) is 5.91 Å². The van der Waals surface area contributed by atoms with Gasteiger partial charge in [-0.2, -0.15) is 0 Å². The van der Waals surface area contributed by atoms with E-state index >= 15 is 0 Å². The molecule has 2 aliphatic rings. The quantitative estimate of drug-likeness (QED) is 0.380. The molecule has 2 aromatic rings. The van der Waals surface area contributed by atoms with Crippen LogP contribution < -0.4 is 5.32 Å². The SMILES string of the molecule is Cc1ccccc1.[C-]#[N+]c1cc(C)c(NC(=O)C2([N+]3(CC)CCCCC3)CC2)c(C)c1.[Y]. The fourth-order valence-corrected chi connectivity index (χ4v) is 5.17. The van der Waals surface area contributed by atoms with Crippen molar-refractivity contribution in [2.45, 2.75) is 65.3 Å². The molecule has 2 fully saturated rings. The summed E-state index contributed by atoms with van der Waals surface area (Å²) in [5.74, 6) is 0.188. The molecule has 0 bridgehead atoms. The zero-order chi connectivity index (χ0) is 22.5. The number of hydrogen-bond donors (Lipinski definition) is 1. The largest absolute Gasteiger partial charge is 0.320 e. The number of carbonyl (C=O) groups excluding carboxylic acids is 1. The molecule has 5 heteroatoms. The Balaban J connectivity index is 0.000000388. The summed E-state index contributed by atoms with van der Waals surface area (Å²) in [5.41, 5.74) is 4.59. The van der Waals surface area contributed by atoms with Gasteiger partial charge in [0.15, 0.2) is 11.2 Å².